The summed E-state index contributed by atoms with van der Waals surface area (Å²) in [6.45, 7) is 2.52. The van der Waals surface area contributed by atoms with Crippen LogP contribution in [0, 0.1) is 6.92 Å². The van der Waals surface area contributed by atoms with Crippen LogP contribution in [0.3, 0.4) is 0 Å². The van der Waals surface area contributed by atoms with Crippen LogP contribution in [0.2, 0.25) is 0 Å². The molecule has 0 atom stereocenters. The van der Waals surface area contributed by atoms with Crippen LogP contribution in [0.1, 0.15) is 21.6 Å². The molecule has 4 rings (SSSR count). The van der Waals surface area contributed by atoms with Crippen LogP contribution >= 0.6 is 0 Å². The minimum absolute atomic E-state index is 0.151. The zero-order valence-electron chi connectivity index (χ0n) is 15.7. The number of aromatic nitrogens is 2. The molecule has 0 aliphatic carbocycles. The summed E-state index contributed by atoms with van der Waals surface area (Å²) in [6, 6.07) is 29.5. The van der Waals surface area contributed by atoms with Gasteiger partial charge in [-0.25, -0.2) is 4.68 Å². The Hall–Kier alpha value is -3.66. The molecule has 0 radical (unpaired) electrons. The molecule has 4 nitrogen and oxygen atoms in total. The number of aryl methyl sites for hydroxylation is 1. The molecule has 1 N–H and O–H groups in total. The smallest absolute Gasteiger partial charge is 0.270 e. The minimum Gasteiger partial charge on any atom is -0.347 e. The van der Waals surface area contributed by atoms with E-state index in [9.17, 15) is 4.79 Å². The number of hydrogen-bond acceptors (Lipinski definition) is 2. The van der Waals surface area contributed by atoms with Crippen molar-refractivity contribution < 1.29 is 4.79 Å². The Kier molecular flexibility index (Phi) is 5.02. The van der Waals surface area contributed by atoms with Crippen molar-refractivity contribution in [3.8, 4) is 16.9 Å². The first kappa shape index (κ1) is 17.7. The van der Waals surface area contributed by atoms with E-state index >= 15 is 0 Å². The van der Waals surface area contributed by atoms with E-state index in [2.05, 4.69) is 5.32 Å². The Morgan fingerprint density at radius 1 is 0.893 bits per heavy atom. The lowest BCUT2D eigenvalue weighted by Crippen LogP contribution is -2.25. The summed E-state index contributed by atoms with van der Waals surface area (Å²) >= 11 is 0. The Labute approximate surface area is 164 Å². The van der Waals surface area contributed by atoms with Gasteiger partial charge in [0.1, 0.15) is 5.69 Å². The molecule has 1 aromatic heterocycles. The lowest BCUT2D eigenvalue weighted by molar-refractivity contribution is 0.0943. The SMILES string of the molecule is Cc1ccccc1CNC(=O)c1cc(-c2ccccc2)nn1-c1ccccc1. The van der Waals surface area contributed by atoms with E-state index in [1.165, 1.54) is 0 Å². The number of rotatable bonds is 5. The predicted molar refractivity (Wildman–Crippen MR) is 111 cm³/mol. The molecule has 0 saturated heterocycles. The summed E-state index contributed by atoms with van der Waals surface area (Å²) in [7, 11) is 0. The van der Waals surface area contributed by atoms with Gasteiger partial charge in [-0.2, -0.15) is 5.10 Å². The van der Waals surface area contributed by atoms with E-state index in [1.54, 1.807) is 4.68 Å². The third-order valence-corrected chi connectivity index (χ3v) is 4.71. The Morgan fingerprint density at radius 3 is 2.25 bits per heavy atom. The molecule has 0 bridgehead atoms. The number of carbonyl (C=O) groups excluding carboxylic acids is 1. The fourth-order valence-corrected chi connectivity index (χ4v) is 3.13. The Morgan fingerprint density at radius 2 is 1.54 bits per heavy atom. The standard InChI is InChI=1S/C24H21N3O/c1-18-10-8-9-13-20(18)17-25-24(28)23-16-22(19-11-4-2-5-12-19)26-27(23)21-14-6-3-7-15-21/h2-16H,17H2,1H3,(H,25,28). The third-order valence-electron chi connectivity index (χ3n) is 4.71. The van der Waals surface area contributed by atoms with E-state index in [1.807, 2.05) is 97.9 Å². The van der Waals surface area contributed by atoms with Gasteiger partial charge in [0, 0.05) is 12.1 Å². The summed E-state index contributed by atoms with van der Waals surface area (Å²) in [5, 5.41) is 7.73. The number of nitrogens with zero attached hydrogens (tertiary/aromatic N) is 2. The fourth-order valence-electron chi connectivity index (χ4n) is 3.13. The second-order valence-electron chi connectivity index (χ2n) is 6.64. The number of hydrogen-bond donors (Lipinski definition) is 1. The van der Waals surface area contributed by atoms with E-state index in [0.29, 0.717) is 12.2 Å². The first-order valence-corrected chi connectivity index (χ1v) is 9.26. The van der Waals surface area contributed by atoms with Crippen LogP contribution in [-0.4, -0.2) is 15.7 Å². The van der Waals surface area contributed by atoms with Gasteiger partial charge in [0.15, 0.2) is 0 Å². The van der Waals surface area contributed by atoms with Crippen LogP contribution in [0.25, 0.3) is 16.9 Å². The van der Waals surface area contributed by atoms with Crippen molar-refractivity contribution in [2.24, 2.45) is 0 Å². The third kappa shape index (κ3) is 3.71. The molecular weight excluding hydrogens is 346 g/mol. The van der Waals surface area contributed by atoms with Gasteiger partial charge < -0.3 is 5.32 Å². The van der Waals surface area contributed by atoms with Crippen molar-refractivity contribution in [2.75, 3.05) is 0 Å². The number of nitrogens with one attached hydrogen (secondary N) is 1. The topological polar surface area (TPSA) is 46.9 Å². The molecule has 3 aromatic carbocycles. The molecule has 0 unspecified atom stereocenters. The van der Waals surface area contributed by atoms with Crippen LogP contribution in [0.4, 0.5) is 0 Å². The van der Waals surface area contributed by atoms with Crippen LogP contribution < -0.4 is 5.32 Å². The van der Waals surface area contributed by atoms with Crippen molar-refractivity contribution in [1.29, 1.82) is 0 Å². The monoisotopic (exact) mass is 367 g/mol. The van der Waals surface area contributed by atoms with Gasteiger partial charge in [-0.05, 0) is 36.2 Å². The number of para-hydroxylation sites is 1. The van der Waals surface area contributed by atoms with Gasteiger partial charge in [0.25, 0.3) is 5.91 Å². The van der Waals surface area contributed by atoms with Crippen LogP contribution in [-0.2, 0) is 6.54 Å². The number of amides is 1. The predicted octanol–water partition coefficient (Wildman–Crippen LogP) is 4.78. The summed E-state index contributed by atoms with van der Waals surface area (Å²) in [5.41, 5.74) is 5.37. The van der Waals surface area contributed by atoms with Crippen molar-refractivity contribution in [3.05, 3.63) is 108 Å². The first-order chi connectivity index (χ1) is 13.7. The average molecular weight is 367 g/mol. The summed E-state index contributed by atoms with van der Waals surface area (Å²) in [5.74, 6) is -0.151. The summed E-state index contributed by atoms with van der Waals surface area (Å²) in [4.78, 5) is 13.0. The van der Waals surface area contributed by atoms with Gasteiger partial charge in [-0.1, -0.05) is 72.8 Å². The van der Waals surface area contributed by atoms with Gasteiger partial charge in [0.05, 0.1) is 11.4 Å². The van der Waals surface area contributed by atoms with Crippen LogP contribution in [0.5, 0.6) is 0 Å². The van der Waals surface area contributed by atoms with E-state index < -0.39 is 0 Å². The van der Waals surface area contributed by atoms with Crippen molar-refractivity contribution in [1.82, 2.24) is 15.1 Å². The molecule has 4 aromatic rings. The highest BCUT2D eigenvalue weighted by Gasteiger charge is 2.17. The quantitative estimate of drug-likeness (QED) is 0.552. The fraction of sp³-hybridized carbons (Fsp3) is 0.0833. The van der Waals surface area contributed by atoms with Crippen molar-refractivity contribution in [3.63, 3.8) is 0 Å². The molecule has 138 valence electrons. The van der Waals surface area contributed by atoms with Gasteiger partial charge >= 0.3 is 0 Å². The maximum Gasteiger partial charge on any atom is 0.270 e. The summed E-state index contributed by atoms with van der Waals surface area (Å²) < 4.78 is 1.70. The highest BCUT2D eigenvalue weighted by atomic mass is 16.2. The maximum atomic E-state index is 13.0. The van der Waals surface area contributed by atoms with Gasteiger partial charge in [-0.3, -0.25) is 4.79 Å². The molecule has 1 heterocycles. The van der Waals surface area contributed by atoms with E-state index in [-0.39, 0.29) is 5.91 Å². The lowest BCUT2D eigenvalue weighted by Gasteiger charge is -2.09. The molecule has 1 amide bonds. The molecule has 0 aliphatic heterocycles. The second kappa shape index (κ2) is 7.92. The van der Waals surface area contributed by atoms with Crippen molar-refractivity contribution in [2.45, 2.75) is 13.5 Å². The van der Waals surface area contributed by atoms with Gasteiger partial charge in [-0.15, -0.1) is 0 Å². The minimum atomic E-state index is -0.151. The molecule has 0 saturated carbocycles. The molecular formula is C24H21N3O. The van der Waals surface area contributed by atoms with E-state index in [0.717, 1.165) is 28.1 Å². The molecule has 4 heteroatoms. The zero-order valence-corrected chi connectivity index (χ0v) is 15.7. The van der Waals surface area contributed by atoms with Gasteiger partial charge in [0.2, 0.25) is 0 Å². The molecule has 0 fully saturated rings. The normalized spacial score (nSPS) is 10.6. The van der Waals surface area contributed by atoms with Crippen molar-refractivity contribution >= 4 is 5.91 Å². The first-order valence-electron chi connectivity index (χ1n) is 9.26. The highest BCUT2D eigenvalue weighted by molar-refractivity contribution is 5.94. The Bertz CT molecular complexity index is 1090. The Balaban J connectivity index is 1.67. The maximum absolute atomic E-state index is 13.0. The summed E-state index contributed by atoms with van der Waals surface area (Å²) in [6.07, 6.45) is 0. The zero-order chi connectivity index (χ0) is 19.3. The highest BCUT2D eigenvalue weighted by Crippen LogP contribution is 2.21. The number of benzene rings is 3. The largest absolute Gasteiger partial charge is 0.347 e. The van der Waals surface area contributed by atoms with Crippen LogP contribution in [0.15, 0.2) is 91.0 Å². The molecule has 0 aliphatic rings. The average Bonchev–Trinajstić information content (AvgIpc) is 3.20. The van der Waals surface area contributed by atoms with E-state index in [4.69, 9.17) is 5.10 Å². The lowest BCUT2D eigenvalue weighted by atomic mass is 10.1. The second-order valence-corrected chi connectivity index (χ2v) is 6.64. The number of carbonyl (C=O) groups is 1. The molecule has 28 heavy (non-hydrogen) atoms. The molecule has 0 spiro atoms.